The number of hydrogen-bond acceptors (Lipinski definition) is 2. The van der Waals surface area contributed by atoms with Crippen LogP contribution in [-0.4, -0.2) is 13.2 Å². The number of methoxy groups -OCH3 is 1. The molecule has 1 unspecified atom stereocenters. The molecule has 1 atom stereocenters. The van der Waals surface area contributed by atoms with Gasteiger partial charge < -0.3 is 10.1 Å². The molecule has 0 saturated carbocycles. The van der Waals surface area contributed by atoms with Gasteiger partial charge in [0.05, 0.1) is 6.61 Å². The van der Waals surface area contributed by atoms with E-state index in [1.54, 1.807) is 7.11 Å². The Kier molecular flexibility index (Phi) is 6.24. The lowest BCUT2D eigenvalue weighted by Crippen LogP contribution is -2.27. The maximum Gasteiger partial charge on any atom is 0.0713 e. The molecule has 0 fully saturated rings. The van der Waals surface area contributed by atoms with Crippen LogP contribution in [0.25, 0.3) is 0 Å². The Balaban J connectivity index is 1.80. The summed E-state index contributed by atoms with van der Waals surface area (Å²) in [5, 5.41) is 4.34. The Morgan fingerprint density at radius 3 is 2.14 bits per heavy atom. The van der Waals surface area contributed by atoms with Crippen LogP contribution in [0, 0.1) is 0 Å². The predicted octanol–water partition coefficient (Wildman–Crippen LogP) is 4.21. The molecule has 0 aromatic heterocycles. The van der Waals surface area contributed by atoms with Gasteiger partial charge in [-0.2, -0.15) is 0 Å². The van der Waals surface area contributed by atoms with Gasteiger partial charge in [-0.1, -0.05) is 48.0 Å². The number of rotatable bonds is 7. The molecule has 1 N–H and O–H groups in total. The van der Waals surface area contributed by atoms with Crippen LogP contribution in [0.3, 0.4) is 0 Å². The smallest absolute Gasteiger partial charge is 0.0713 e. The molecule has 0 saturated heterocycles. The minimum atomic E-state index is 0.421. The summed E-state index contributed by atoms with van der Waals surface area (Å²) in [6, 6.07) is 17.0. The second-order valence-corrected chi connectivity index (χ2v) is 5.80. The first-order valence-electron chi connectivity index (χ1n) is 7.22. The van der Waals surface area contributed by atoms with Gasteiger partial charge in [0.25, 0.3) is 0 Å². The number of ether oxygens (including phenoxy) is 1. The molecular weight excluding hydrogens is 282 g/mol. The quantitative estimate of drug-likeness (QED) is 0.827. The average Bonchev–Trinajstić information content (AvgIpc) is 2.49. The maximum atomic E-state index is 5.90. The van der Waals surface area contributed by atoms with Gasteiger partial charge in [-0.05, 0) is 42.2 Å². The van der Waals surface area contributed by atoms with Crippen LogP contribution in [0.2, 0.25) is 5.02 Å². The SMILES string of the molecule is COCc1ccc(CNC(C)Cc2ccc(Cl)cc2)cc1. The lowest BCUT2D eigenvalue weighted by atomic mass is 10.1. The van der Waals surface area contributed by atoms with E-state index in [-0.39, 0.29) is 0 Å². The summed E-state index contributed by atoms with van der Waals surface area (Å²) in [7, 11) is 1.72. The summed E-state index contributed by atoms with van der Waals surface area (Å²) in [6.45, 7) is 3.75. The van der Waals surface area contributed by atoms with Crippen molar-refractivity contribution in [2.24, 2.45) is 0 Å². The first-order valence-corrected chi connectivity index (χ1v) is 7.60. The van der Waals surface area contributed by atoms with Crippen LogP contribution in [-0.2, 0) is 24.3 Å². The monoisotopic (exact) mass is 303 g/mol. The Hall–Kier alpha value is -1.35. The highest BCUT2D eigenvalue weighted by Gasteiger charge is 2.03. The van der Waals surface area contributed by atoms with Crippen molar-refractivity contribution < 1.29 is 4.74 Å². The van der Waals surface area contributed by atoms with E-state index in [1.165, 1.54) is 16.7 Å². The minimum absolute atomic E-state index is 0.421. The molecule has 2 aromatic carbocycles. The molecule has 0 aliphatic rings. The first kappa shape index (κ1) is 16.0. The van der Waals surface area contributed by atoms with Gasteiger partial charge in [0.2, 0.25) is 0 Å². The molecule has 3 heteroatoms. The normalized spacial score (nSPS) is 12.3. The zero-order chi connectivity index (χ0) is 15.1. The van der Waals surface area contributed by atoms with Gasteiger partial charge >= 0.3 is 0 Å². The lowest BCUT2D eigenvalue weighted by molar-refractivity contribution is 0.185. The van der Waals surface area contributed by atoms with Gasteiger partial charge in [-0.15, -0.1) is 0 Å². The number of halogens is 1. The second-order valence-electron chi connectivity index (χ2n) is 5.36. The van der Waals surface area contributed by atoms with Crippen LogP contribution in [0.1, 0.15) is 23.6 Å². The fourth-order valence-corrected chi connectivity index (χ4v) is 2.38. The van der Waals surface area contributed by atoms with E-state index < -0.39 is 0 Å². The largest absolute Gasteiger partial charge is 0.380 e. The molecule has 2 nitrogen and oxygen atoms in total. The Morgan fingerprint density at radius 2 is 1.52 bits per heavy atom. The molecule has 0 aliphatic heterocycles. The molecule has 112 valence electrons. The number of nitrogens with one attached hydrogen (secondary N) is 1. The molecule has 0 spiro atoms. The highest BCUT2D eigenvalue weighted by atomic mass is 35.5. The van der Waals surface area contributed by atoms with Crippen LogP contribution in [0.5, 0.6) is 0 Å². The lowest BCUT2D eigenvalue weighted by Gasteiger charge is -2.14. The third-order valence-electron chi connectivity index (χ3n) is 3.44. The topological polar surface area (TPSA) is 21.3 Å². The molecule has 2 rings (SSSR count). The van der Waals surface area contributed by atoms with Crippen LogP contribution in [0.4, 0.5) is 0 Å². The van der Waals surface area contributed by atoms with Crippen LogP contribution >= 0.6 is 11.6 Å². The zero-order valence-electron chi connectivity index (χ0n) is 12.6. The van der Waals surface area contributed by atoms with Gasteiger partial charge in [0.15, 0.2) is 0 Å². The first-order chi connectivity index (χ1) is 10.2. The van der Waals surface area contributed by atoms with Crippen molar-refractivity contribution in [1.82, 2.24) is 5.32 Å². The van der Waals surface area contributed by atoms with E-state index in [1.807, 2.05) is 12.1 Å². The van der Waals surface area contributed by atoms with Crippen molar-refractivity contribution in [3.05, 3.63) is 70.2 Å². The fraction of sp³-hybridized carbons (Fsp3) is 0.333. The van der Waals surface area contributed by atoms with Crippen molar-refractivity contribution in [3.8, 4) is 0 Å². The van der Waals surface area contributed by atoms with Crippen molar-refractivity contribution in [1.29, 1.82) is 0 Å². The molecule has 0 heterocycles. The van der Waals surface area contributed by atoms with E-state index in [2.05, 4.69) is 48.6 Å². The zero-order valence-corrected chi connectivity index (χ0v) is 13.4. The highest BCUT2D eigenvalue weighted by Crippen LogP contribution is 2.11. The average molecular weight is 304 g/mol. The summed E-state index contributed by atoms with van der Waals surface area (Å²) in [5.74, 6) is 0. The van der Waals surface area contributed by atoms with E-state index in [0.717, 1.165) is 18.0 Å². The molecule has 21 heavy (non-hydrogen) atoms. The molecule has 0 bridgehead atoms. The Labute approximate surface area is 132 Å². The van der Waals surface area contributed by atoms with Crippen LogP contribution < -0.4 is 5.32 Å². The summed E-state index contributed by atoms with van der Waals surface area (Å²) < 4.78 is 5.12. The van der Waals surface area contributed by atoms with Gasteiger partial charge in [0, 0.05) is 24.7 Å². The van der Waals surface area contributed by atoms with Gasteiger partial charge in [-0.3, -0.25) is 0 Å². The van der Waals surface area contributed by atoms with Crippen LogP contribution in [0.15, 0.2) is 48.5 Å². The number of hydrogen-bond donors (Lipinski definition) is 1. The van der Waals surface area contributed by atoms with E-state index in [0.29, 0.717) is 12.6 Å². The maximum absolute atomic E-state index is 5.90. The summed E-state index contributed by atoms with van der Waals surface area (Å²) in [6.07, 6.45) is 0.999. The highest BCUT2D eigenvalue weighted by molar-refractivity contribution is 6.30. The third-order valence-corrected chi connectivity index (χ3v) is 3.70. The standard InChI is InChI=1S/C18H22ClNO/c1-14(11-15-7-9-18(19)10-8-15)20-12-16-3-5-17(6-4-16)13-21-2/h3-10,14,20H,11-13H2,1-2H3. The van der Waals surface area contributed by atoms with E-state index >= 15 is 0 Å². The number of benzene rings is 2. The molecule has 0 amide bonds. The van der Waals surface area contributed by atoms with E-state index in [9.17, 15) is 0 Å². The van der Waals surface area contributed by atoms with Gasteiger partial charge in [-0.25, -0.2) is 0 Å². The van der Waals surface area contributed by atoms with Crippen molar-refractivity contribution in [3.63, 3.8) is 0 Å². The molecule has 0 radical (unpaired) electrons. The Morgan fingerprint density at radius 1 is 0.952 bits per heavy atom. The molecule has 0 aliphatic carbocycles. The summed E-state index contributed by atoms with van der Waals surface area (Å²) in [4.78, 5) is 0. The van der Waals surface area contributed by atoms with Crippen molar-refractivity contribution in [2.45, 2.75) is 32.5 Å². The van der Waals surface area contributed by atoms with Crippen molar-refractivity contribution in [2.75, 3.05) is 7.11 Å². The predicted molar refractivity (Wildman–Crippen MR) is 88.6 cm³/mol. The molecular formula is C18H22ClNO. The third kappa shape index (κ3) is 5.50. The van der Waals surface area contributed by atoms with E-state index in [4.69, 9.17) is 16.3 Å². The molecule has 2 aromatic rings. The Bertz CT molecular complexity index is 536. The van der Waals surface area contributed by atoms with Crippen molar-refractivity contribution >= 4 is 11.6 Å². The minimum Gasteiger partial charge on any atom is -0.380 e. The second kappa shape index (κ2) is 8.18. The fourth-order valence-electron chi connectivity index (χ4n) is 2.26. The summed E-state index contributed by atoms with van der Waals surface area (Å²) >= 11 is 5.90. The van der Waals surface area contributed by atoms with Gasteiger partial charge in [0.1, 0.15) is 0 Å². The summed E-state index contributed by atoms with van der Waals surface area (Å²) in [5.41, 5.74) is 3.79.